The van der Waals surface area contributed by atoms with Gasteiger partial charge in [-0.2, -0.15) is 0 Å². The van der Waals surface area contributed by atoms with Crippen LogP contribution < -0.4 is 9.62 Å². The molecule has 1 aromatic carbocycles. The Kier molecular flexibility index (Phi) is 5.74. The van der Waals surface area contributed by atoms with Crippen LogP contribution in [0.1, 0.15) is 43.4 Å². The van der Waals surface area contributed by atoms with Crippen LogP contribution in [-0.4, -0.2) is 30.7 Å². The first kappa shape index (κ1) is 21.4. The smallest absolute Gasteiger partial charge is 0.266 e. The summed E-state index contributed by atoms with van der Waals surface area (Å²) < 4.78 is 66.9. The predicted molar refractivity (Wildman–Crippen MR) is 113 cm³/mol. The molecule has 3 heterocycles. The molecule has 3 aromatic rings. The number of nitrogens with zero attached hydrogens (tertiary/aromatic N) is 3. The van der Waals surface area contributed by atoms with Gasteiger partial charge in [-0.05, 0) is 31.9 Å². The molecule has 10 heteroatoms. The van der Waals surface area contributed by atoms with E-state index in [9.17, 15) is 21.6 Å². The van der Waals surface area contributed by atoms with Crippen LogP contribution in [0.25, 0.3) is 10.9 Å². The largest absolute Gasteiger partial charge is 0.378 e. The summed E-state index contributed by atoms with van der Waals surface area (Å²) in [6.45, 7) is 2.02. The minimum atomic E-state index is -3.43. The number of halogens is 3. The molecule has 4 rings (SSSR count). The second-order valence-electron chi connectivity index (χ2n) is 7.43. The highest BCUT2D eigenvalue weighted by Crippen LogP contribution is 2.32. The van der Waals surface area contributed by atoms with Gasteiger partial charge < -0.3 is 5.32 Å². The maximum absolute atomic E-state index is 14.6. The van der Waals surface area contributed by atoms with Crippen molar-refractivity contribution in [2.45, 2.75) is 32.2 Å². The van der Waals surface area contributed by atoms with Crippen molar-refractivity contribution in [1.29, 1.82) is 0 Å². The first-order chi connectivity index (χ1) is 14.8. The zero-order valence-corrected chi connectivity index (χ0v) is 17.5. The molecule has 1 saturated heterocycles. The van der Waals surface area contributed by atoms with Gasteiger partial charge in [0.1, 0.15) is 11.6 Å². The molecule has 0 amide bonds. The van der Waals surface area contributed by atoms with Gasteiger partial charge in [0.15, 0.2) is 0 Å². The third kappa shape index (κ3) is 4.16. The third-order valence-electron chi connectivity index (χ3n) is 5.35. The van der Waals surface area contributed by atoms with Crippen molar-refractivity contribution in [2.24, 2.45) is 0 Å². The molecule has 0 unspecified atom stereocenters. The van der Waals surface area contributed by atoms with E-state index in [2.05, 4.69) is 15.3 Å². The van der Waals surface area contributed by atoms with Gasteiger partial charge in [0.25, 0.3) is 6.43 Å². The first-order valence-electron chi connectivity index (χ1n) is 9.86. The van der Waals surface area contributed by atoms with E-state index in [0.717, 1.165) is 12.5 Å². The average Bonchev–Trinajstić information content (AvgIpc) is 2.73. The minimum Gasteiger partial charge on any atom is -0.378 e. The van der Waals surface area contributed by atoms with E-state index in [1.54, 1.807) is 25.3 Å². The first-order valence-corrected chi connectivity index (χ1v) is 11.5. The third-order valence-corrected chi connectivity index (χ3v) is 7.20. The monoisotopic (exact) mass is 450 g/mol. The molecule has 0 bridgehead atoms. The molecule has 0 spiro atoms. The van der Waals surface area contributed by atoms with E-state index in [1.165, 1.54) is 22.6 Å². The molecule has 6 nitrogen and oxygen atoms in total. The summed E-state index contributed by atoms with van der Waals surface area (Å²) in [5.74, 6) is -0.582. The lowest BCUT2D eigenvalue weighted by Crippen LogP contribution is -2.38. The van der Waals surface area contributed by atoms with Gasteiger partial charge in [0.2, 0.25) is 10.0 Å². The number of nitrogens with one attached hydrogen (secondary N) is 1. The van der Waals surface area contributed by atoms with Gasteiger partial charge in [0.05, 0.1) is 29.1 Å². The Balaban J connectivity index is 1.71. The van der Waals surface area contributed by atoms with Gasteiger partial charge in [-0.15, -0.1) is 0 Å². The molecule has 1 atom stereocenters. The summed E-state index contributed by atoms with van der Waals surface area (Å²) >= 11 is 0. The fraction of sp³-hybridized carbons (Fsp3) is 0.333. The van der Waals surface area contributed by atoms with E-state index in [1.807, 2.05) is 0 Å². The van der Waals surface area contributed by atoms with Crippen LogP contribution in [0.4, 0.5) is 24.7 Å². The zero-order chi connectivity index (χ0) is 22.2. The lowest BCUT2D eigenvalue weighted by molar-refractivity contribution is 0.146. The Morgan fingerprint density at radius 1 is 1.13 bits per heavy atom. The summed E-state index contributed by atoms with van der Waals surface area (Å²) in [4.78, 5) is 8.52. The number of benzene rings is 1. The summed E-state index contributed by atoms with van der Waals surface area (Å²) in [5.41, 5.74) is 0.553. The second-order valence-corrected chi connectivity index (χ2v) is 9.44. The zero-order valence-electron chi connectivity index (χ0n) is 16.7. The molecule has 1 aliphatic heterocycles. The van der Waals surface area contributed by atoms with Gasteiger partial charge in [-0.25, -0.2) is 26.6 Å². The van der Waals surface area contributed by atoms with Crippen LogP contribution in [0.2, 0.25) is 0 Å². The number of rotatable bonds is 5. The standard InChI is InChI=1S/C21H21F3N4O2S/c1-13(14-5-4-6-15(20(14)22)21(23)24)27-17-7-8-25-18-12-26-19(11-16(17)18)28-9-2-3-10-31(28,29)30/h4-8,11-13,21H,2-3,9-10H2,1H3,(H,25,27)/t13-/m1/s1. The molecule has 0 saturated carbocycles. The highest BCUT2D eigenvalue weighted by Gasteiger charge is 2.27. The average molecular weight is 450 g/mol. The van der Waals surface area contributed by atoms with Gasteiger partial charge in [0, 0.05) is 29.4 Å². The lowest BCUT2D eigenvalue weighted by Gasteiger charge is -2.27. The number of aromatic nitrogens is 2. The highest BCUT2D eigenvalue weighted by atomic mass is 32.2. The molecule has 1 fully saturated rings. The minimum absolute atomic E-state index is 0.0711. The predicted octanol–water partition coefficient (Wildman–Crippen LogP) is 4.81. The molecule has 31 heavy (non-hydrogen) atoms. The van der Waals surface area contributed by atoms with E-state index in [0.29, 0.717) is 35.4 Å². The van der Waals surface area contributed by atoms with Gasteiger partial charge in [-0.1, -0.05) is 18.2 Å². The van der Waals surface area contributed by atoms with Crippen LogP contribution in [0.5, 0.6) is 0 Å². The number of anilines is 2. The van der Waals surface area contributed by atoms with Crippen LogP contribution in [0.3, 0.4) is 0 Å². The normalized spacial score (nSPS) is 17.1. The van der Waals surface area contributed by atoms with Crippen molar-refractivity contribution in [2.75, 3.05) is 21.9 Å². The summed E-state index contributed by atoms with van der Waals surface area (Å²) in [7, 11) is -3.43. The topological polar surface area (TPSA) is 75.2 Å². The number of sulfonamides is 1. The van der Waals surface area contributed by atoms with E-state index in [4.69, 9.17) is 0 Å². The van der Waals surface area contributed by atoms with Crippen molar-refractivity contribution >= 4 is 32.4 Å². The number of hydrogen-bond acceptors (Lipinski definition) is 5. The van der Waals surface area contributed by atoms with Gasteiger partial charge in [-0.3, -0.25) is 9.29 Å². The molecule has 0 radical (unpaired) electrons. The molecular formula is C21H21F3N4O2S. The Hall–Kier alpha value is -2.88. The molecule has 0 aliphatic carbocycles. The number of fused-ring (bicyclic) bond motifs is 1. The van der Waals surface area contributed by atoms with Crippen LogP contribution in [-0.2, 0) is 10.0 Å². The SMILES string of the molecule is C[C@@H](Nc1ccnc2cnc(N3CCCCS3(=O)=O)cc12)c1cccc(C(F)F)c1F. The number of alkyl halides is 2. The second kappa shape index (κ2) is 8.33. The van der Waals surface area contributed by atoms with E-state index in [-0.39, 0.29) is 11.3 Å². The van der Waals surface area contributed by atoms with Crippen LogP contribution in [0, 0.1) is 5.82 Å². The van der Waals surface area contributed by atoms with E-state index < -0.39 is 33.9 Å². The number of hydrogen-bond donors (Lipinski definition) is 1. The molecule has 2 aromatic heterocycles. The van der Waals surface area contributed by atoms with Crippen molar-refractivity contribution in [3.63, 3.8) is 0 Å². The summed E-state index contributed by atoms with van der Waals surface area (Å²) in [6, 6.07) is 6.59. The molecular weight excluding hydrogens is 429 g/mol. The molecule has 164 valence electrons. The Morgan fingerprint density at radius 2 is 1.90 bits per heavy atom. The highest BCUT2D eigenvalue weighted by molar-refractivity contribution is 7.92. The Morgan fingerprint density at radius 3 is 2.65 bits per heavy atom. The summed E-state index contributed by atoms with van der Waals surface area (Å²) in [6.07, 6.45) is 1.48. The molecule has 1 aliphatic rings. The fourth-order valence-corrected chi connectivity index (χ4v) is 5.31. The van der Waals surface area contributed by atoms with Gasteiger partial charge >= 0.3 is 0 Å². The summed E-state index contributed by atoms with van der Waals surface area (Å²) in [5, 5.41) is 3.74. The van der Waals surface area contributed by atoms with Crippen molar-refractivity contribution in [3.05, 3.63) is 59.7 Å². The number of pyridine rings is 2. The van der Waals surface area contributed by atoms with Crippen LogP contribution in [0.15, 0.2) is 42.7 Å². The quantitative estimate of drug-likeness (QED) is 0.604. The Labute approximate surface area is 178 Å². The Bertz CT molecular complexity index is 1220. The maximum atomic E-state index is 14.6. The fourth-order valence-electron chi connectivity index (χ4n) is 3.73. The van der Waals surface area contributed by atoms with Crippen LogP contribution >= 0.6 is 0 Å². The maximum Gasteiger partial charge on any atom is 0.266 e. The van der Waals surface area contributed by atoms with Crippen molar-refractivity contribution in [3.8, 4) is 0 Å². The lowest BCUT2D eigenvalue weighted by atomic mass is 10.0. The van der Waals surface area contributed by atoms with Crippen molar-refractivity contribution < 1.29 is 21.6 Å². The molecule has 1 N–H and O–H groups in total. The van der Waals surface area contributed by atoms with Crippen molar-refractivity contribution in [1.82, 2.24) is 9.97 Å². The van der Waals surface area contributed by atoms with E-state index >= 15 is 0 Å².